The summed E-state index contributed by atoms with van der Waals surface area (Å²) in [4.78, 5) is 4.34. The lowest BCUT2D eigenvalue weighted by Crippen LogP contribution is -2.11. The smallest absolute Gasteiger partial charge is 0.340 e. The highest BCUT2D eigenvalue weighted by molar-refractivity contribution is 6.04. The molecule has 1 aromatic heterocycles. The molecule has 0 spiro atoms. The van der Waals surface area contributed by atoms with Crippen LogP contribution in [0.15, 0.2) is 48.7 Å². The van der Waals surface area contributed by atoms with Crippen molar-refractivity contribution in [3.63, 3.8) is 0 Å². The quantitative estimate of drug-likeness (QED) is 0.482. The number of aromatic nitrogens is 1. The highest BCUT2D eigenvalue weighted by atomic mass is 19.4. The molecule has 2 N–H and O–H groups in total. The molecule has 1 heterocycles. The first kappa shape index (κ1) is 19.7. The Balaban J connectivity index is 2.27. The zero-order valence-corrected chi connectivity index (χ0v) is 14.8. The van der Waals surface area contributed by atoms with Crippen LogP contribution in [0.25, 0.3) is 0 Å². The Morgan fingerprint density at radius 2 is 1.88 bits per heavy atom. The van der Waals surface area contributed by atoms with Gasteiger partial charge in [0, 0.05) is 29.6 Å². The molecule has 26 heavy (non-hydrogen) atoms. The number of nitrogens with zero attached hydrogens (tertiary/aromatic N) is 1. The highest BCUT2D eigenvalue weighted by Crippen LogP contribution is 2.26. The fourth-order valence-electron chi connectivity index (χ4n) is 2.64. The number of benzene rings is 1. The molecule has 0 aliphatic heterocycles. The molecule has 0 unspecified atom stereocenters. The maximum atomic E-state index is 12.5. The number of alkyl halides is 3. The van der Waals surface area contributed by atoms with Crippen LogP contribution in [-0.2, 0) is 12.8 Å². The van der Waals surface area contributed by atoms with Crippen molar-refractivity contribution < 1.29 is 13.2 Å². The molecule has 0 amide bonds. The topological polar surface area (TPSA) is 48.8 Å². The van der Waals surface area contributed by atoms with Gasteiger partial charge in [0.15, 0.2) is 0 Å². The van der Waals surface area contributed by atoms with Gasteiger partial charge in [0.1, 0.15) is 5.82 Å². The number of pyridine rings is 1. The molecule has 0 aliphatic carbocycles. The average molecular weight is 361 g/mol. The van der Waals surface area contributed by atoms with Crippen molar-refractivity contribution in [2.75, 3.05) is 5.32 Å². The second-order valence-corrected chi connectivity index (χ2v) is 5.91. The van der Waals surface area contributed by atoms with Gasteiger partial charge in [0.25, 0.3) is 0 Å². The van der Waals surface area contributed by atoms with E-state index >= 15 is 0 Å². The number of aryl methyl sites for hydroxylation is 1. The van der Waals surface area contributed by atoms with Crippen LogP contribution in [0.3, 0.4) is 0 Å². The predicted octanol–water partition coefficient (Wildman–Crippen LogP) is 5.83. The van der Waals surface area contributed by atoms with Crippen molar-refractivity contribution in [2.24, 2.45) is 0 Å². The van der Waals surface area contributed by atoms with Crippen LogP contribution in [0.1, 0.15) is 37.0 Å². The summed E-state index contributed by atoms with van der Waals surface area (Å²) in [5.41, 5.74) is 3.04. The van der Waals surface area contributed by atoms with Gasteiger partial charge in [0.2, 0.25) is 0 Å². The van der Waals surface area contributed by atoms with Crippen LogP contribution in [0, 0.1) is 5.41 Å². The Hall–Kier alpha value is -2.63. The highest BCUT2D eigenvalue weighted by Gasteiger charge is 2.27. The van der Waals surface area contributed by atoms with E-state index in [-0.39, 0.29) is 5.56 Å². The lowest BCUT2D eigenvalue weighted by Gasteiger charge is -2.15. The largest absolute Gasteiger partial charge is 0.393 e. The third-order valence-electron chi connectivity index (χ3n) is 3.90. The molecule has 2 aromatic rings. The van der Waals surface area contributed by atoms with Crippen molar-refractivity contribution in [3.05, 3.63) is 65.4 Å². The Morgan fingerprint density at radius 3 is 2.46 bits per heavy atom. The first-order chi connectivity index (χ1) is 12.3. The minimum Gasteiger partial charge on any atom is -0.340 e. The van der Waals surface area contributed by atoms with E-state index in [1.54, 1.807) is 18.3 Å². The first-order valence-corrected chi connectivity index (χ1v) is 8.43. The standard InChI is InChI=1S/C20H22F3N3/c1-3-5-6-17(24)18-15(4-2)11-12-25-19(18)26-16-9-7-14(8-10-16)13-20(21,22)23/h3,5,7-12,24H,4,6,13H2,1-2H3,(H,25,26)/b5-3-,24-17?. The van der Waals surface area contributed by atoms with Gasteiger partial charge >= 0.3 is 6.18 Å². The fourth-order valence-corrected chi connectivity index (χ4v) is 2.64. The van der Waals surface area contributed by atoms with E-state index in [1.165, 1.54) is 12.1 Å². The van der Waals surface area contributed by atoms with Crippen LogP contribution in [0.2, 0.25) is 0 Å². The molecule has 0 fully saturated rings. The second-order valence-electron chi connectivity index (χ2n) is 5.91. The summed E-state index contributed by atoms with van der Waals surface area (Å²) < 4.78 is 37.4. The van der Waals surface area contributed by atoms with Crippen LogP contribution in [-0.4, -0.2) is 16.9 Å². The van der Waals surface area contributed by atoms with E-state index in [4.69, 9.17) is 5.41 Å². The first-order valence-electron chi connectivity index (χ1n) is 8.43. The van der Waals surface area contributed by atoms with E-state index in [0.29, 0.717) is 23.6 Å². The van der Waals surface area contributed by atoms with Crippen LogP contribution >= 0.6 is 0 Å². The number of hydrogen-bond donors (Lipinski definition) is 2. The van der Waals surface area contributed by atoms with Gasteiger partial charge in [0.05, 0.1) is 6.42 Å². The third-order valence-corrected chi connectivity index (χ3v) is 3.90. The predicted molar refractivity (Wildman–Crippen MR) is 99.4 cm³/mol. The molecular formula is C20H22F3N3. The number of allylic oxidation sites excluding steroid dienone is 2. The zero-order valence-electron chi connectivity index (χ0n) is 14.8. The van der Waals surface area contributed by atoms with Crippen LogP contribution in [0.5, 0.6) is 0 Å². The maximum absolute atomic E-state index is 12.5. The number of rotatable bonds is 7. The van der Waals surface area contributed by atoms with Crippen molar-refractivity contribution in [2.45, 2.75) is 39.3 Å². The minimum absolute atomic E-state index is 0.208. The van der Waals surface area contributed by atoms with Crippen molar-refractivity contribution in [1.82, 2.24) is 4.98 Å². The van der Waals surface area contributed by atoms with E-state index in [1.807, 2.05) is 32.1 Å². The van der Waals surface area contributed by atoms with Crippen molar-refractivity contribution >= 4 is 17.2 Å². The van der Waals surface area contributed by atoms with Gasteiger partial charge in [-0.3, -0.25) is 0 Å². The van der Waals surface area contributed by atoms with Gasteiger partial charge < -0.3 is 10.7 Å². The normalized spacial score (nSPS) is 11.7. The summed E-state index contributed by atoms with van der Waals surface area (Å²) in [6.45, 7) is 3.91. The molecule has 0 atom stereocenters. The molecule has 0 radical (unpaired) electrons. The molecule has 138 valence electrons. The summed E-state index contributed by atoms with van der Waals surface area (Å²) in [7, 11) is 0. The molecule has 0 saturated heterocycles. The Morgan fingerprint density at radius 1 is 1.19 bits per heavy atom. The minimum atomic E-state index is -4.22. The van der Waals surface area contributed by atoms with Gasteiger partial charge in [-0.1, -0.05) is 31.2 Å². The number of hydrogen-bond acceptors (Lipinski definition) is 3. The van der Waals surface area contributed by atoms with Crippen LogP contribution < -0.4 is 5.32 Å². The number of halogens is 3. The van der Waals surface area contributed by atoms with Gasteiger partial charge in [-0.25, -0.2) is 4.98 Å². The van der Waals surface area contributed by atoms with E-state index in [2.05, 4.69) is 10.3 Å². The van der Waals surface area contributed by atoms with E-state index < -0.39 is 12.6 Å². The van der Waals surface area contributed by atoms with Gasteiger partial charge in [-0.2, -0.15) is 13.2 Å². The lowest BCUT2D eigenvalue weighted by atomic mass is 10.00. The summed E-state index contributed by atoms with van der Waals surface area (Å²) in [6.07, 6.45) is 1.56. The molecule has 6 heteroatoms. The second kappa shape index (κ2) is 8.65. The fraction of sp³-hybridized carbons (Fsp3) is 0.300. The van der Waals surface area contributed by atoms with Gasteiger partial charge in [-0.05, 0) is 42.7 Å². The third kappa shape index (κ3) is 5.44. The molecular weight excluding hydrogens is 339 g/mol. The maximum Gasteiger partial charge on any atom is 0.393 e. The summed E-state index contributed by atoms with van der Waals surface area (Å²) in [5.74, 6) is 0.544. The van der Waals surface area contributed by atoms with E-state index in [9.17, 15) is 13.2 Å². The molecule has 0 saturated carbocycles. The van der Waals surface area contributed by atoms with E-state index in [0.717, 1.165) is 17.5 Å². The molecule has 0 aliphatic rings. The monoisotopic (exact) mass is 361 g/mol. The molecule has 0 bridgehead atoms. The molecule has 3 nitrogen and oxygen atoms in total. The Kier molecular flexibility index (Phi) is 6.55. The SMILES string of the molecule is C/C=C\CC(=N)c1c(CC)ccnc1Nc1ccc(CC(F)(F)F)cc1. The van der Waals surface area contributed by atoms with Crippen LogP contribution in [0.4, 0.5) is 24.7 Å². The number of anilines is 2. The number of nitrogens with one attached hydrogen (secondary N) is 2. The molecule has 1 aromatic carbocycles. The Bertz CT molecular complexity index is 778. The van der Waals surface area contributed by atoms with Crippen molar-refractivity contribution in [3.8, 4) is 0 Å². The summed E-state index contributed by atoms with van der Waals surface area (Å²) in [6, 6.07) is 7.98. The zero-order chi connectivity index (χ0) is 19.2. The average Bonchev–Trinajstić information content (AvgIpc) is 2.59. The summed E-state index contributed by atoms with van der Waals surface area (Å²) in [5, 5.41) is 11.5. The summed E-state index contributed by atoms with van der Waals surface area (Å²) >= 11 is 0. The van der Waals surface area contributed by atoms with Gasteiger partial charge in [-0.15, -0.1) is 0 Å². The van der Waals surface area contributed by atoms with Crippen molar-refractivity contribution in [1.29, 1.82) is 5.41 Å². The lowest BCUT2D eigenvalue weighted by molar-refractivity contribution is -0.127. The Labute approximate surface area is 151 Å². The molecule has 2 rings (SSSR count).